The van der Waals surface area contributed by atoms with Gasteiger partial charge in [0.15, 0.2) is 17.3 Å². The lowest BCUT2D eigenvalue weighted by atomic mass is 10.1. The quantitative estimate of drug-likeness (QED) is 0.459. The molecule has 2 aromatic carbocycles. The van der Waals surface area contributed by atoms with Crippen LogP contribution in [0, 0.1) is 6.92 Å². The maximum absolute atomic E-state index is 12.4. The third-order valence-electron chi connectivity index (χ3n) is 3.81. The molecule has 0 radical (unpaired) electrons. The van der Waals surface area contributed by atoms with E-state index in [2.05, 4.69) is 10.2 Å². The molecular weight excluding hydrogens is 352 g/mol. The van der Waals surface area contributed by atoms with E-state index in [0.717, 1.165) is 11.1 Å². The van der Waals surface area contributed by atoms with Crippen LogP contribution in [-0.4, -0.2) is 36.0 Å². The highest BCUT2D eigenvalue weighted by Gasteiger charge is 2.15. The standard InChI is InChI=1S/C19H18N2O4S/c1-12-6-4-5-7-14(12)18-20-21-19(25-18)26-11-15(22)13-8-9-16(23-2)17(10-13)24-3/h4-10H,11H2,1-3H3. The molecule has 1 heterocycles. The Morgan fingerprint density at radius 1 is 1.08 bits per heavy atom. The minimum atomic E-state index is -0.0633. The highest BCUT2D eigenvalue weighted by molar-refractivity contribution is 7.99. The summed E-state index contributed by atoms with van der Waals surface area (Å²) >= 11 is 1.21. The Labute approximate surface area is 155 Å². The van der Waals surface area contributed by atoms with Crippen LogP contribution < -0.4 is 9.47 Å². The van der Waals surface area contributed by atoms with Crippen molar-refractivity contribution in [2.75, 3.05) is 20.0 Å². The maximum Gasteiger partial charge on any atom is 0.277 e. The molecule has 0 N–H and O–H groups in total. The van der Waals surface area contributed by atoms with E-state index in [4.69, 9.17) is 13.9 Å². The average Bonchev–Trinajstić information content (AvgIpc) is 3.14. The second kappa shape index (κ2) is 8.05. The van der Waals surface area contributed by atoms with Gasteiger partial charge in [0.25, 0.3) is 5.22 Å². The van der Waals surface area contributed by atoms with Gasteiger partial charge >= 0.3 is 0 Å². The number of aryl methyl sites for hydroxylation is 1. The minimum absolute atomic E-state index is 0.0633. The lowest BCUT2D eigenvalue weighted by Crippen LogP contribution is -2.03. The summed E-state index contributed by atoms with van der Waals surface area (Å²) in [5, 5.41) is 8.43. The van der Waals surface area contributed by atoms with Gasteiger partial charge in [0, 0.05) is 11.1 Å². The zero-order valence-electron chi connectivity index (χ0n) is 14.7. The van der Waals surface area contributed by atoms with Crippen LogP contribution in [0.15, 0.2) is 52.1 Å². The van der Waals surface area contributed by atoms with Gasteiger partial charge in [-0.1, -0.05) is 30.0 Å². The van der Waals surface area contributed by atoms with Gasteiger partial charge in [0.05, 0.1) is 20.0 Å². The molecule has 0 amide bonds. The molecule has 0 aliphatic heterocycles. The Balaban J connectivity index is 1.68. The number of thioether (sulfide) groups is 1. The van der Waals surface area contributed by atoms with Crippen LogP contribution in [0.5, 0.6) is 11.5 Å². The second-order valence-corrected chi connectivity index (χ2v) is 6.40. The number of hydrogen-bond acceptors (Lipinski definition) is 7. The number of benzene rings is 2. The molecule has 0 bridgehead atoms. The van der Waals surface area contributed by atoms with E-state index >= 15 is 0 Å². The van der Waals surface area contributed by atoms with Crippen molar-refractivity contribution in [3.05, 3.63) is 53.6 Å². The van der Waals surface area contributed by atoms with Gasteiger partial charge in [-0.05, 0) is 36.8 Å². The Hall–Kier alpha value is -2.80. The smallest absolute Gasteiger partial charge is 0.277 e. The SMILES string of the molecule is COc1ccc(C(=O)CSc2nnc(-c3ccccc3C)o2)cc1OC. The summed E-state index contributed by atoms with van der Waals surface area (Å²) in [6.07, 6.45) is 0. The van der Waals surface area contributed by atoms with Crippen LogP contribution in [0.4, 0.5) is 0 Å². The molecular formula is C19H18N2O4S. The first-order chi connectivity index (χ1) is 12.6. The van der Waals surface area contributed by atoms with Crippen LogP contribution in [0.25, 0.3) is 11.5 Å². The highest BCUT2D eigenvalue weighted by atomic mass is 32.2. The van der Waals surface area contributed by atoms with Gasteiger partial charge < -0.3 is 13.9 Å². The Morgan fingerprint density at radius 3 is 2.58 bits per heavy atom. The largest absolute Gasteiger partial charge is 0.493 e. The Kier molecular flexibility index (Phi) is 5.58. The van der Waals surface area contributed by atoms with Crippen LogP contribution in [0.2, 0.25) is 0 Å². The van der Waals surface area contributed by atoms with Crippen molar-refractivity contribution in [1.82, 2.24) is 10.2 Å². The van der Waals surface area contributed by atoms with Gasteiger partial charge in [-0.25, -0.2) is 0 Å². The molecule has 7 heteroatoms. The molecule has 26 heavy (non-hydrogen) atoms. The van der Waals surface area contributed by atoms with E-state index < -0.39 is 0 Å². The topological polar surface area (TPSA) is 74.5 Å². The molecule has 3 rings (SSSR count). The summed E-state index contributed by atoms with van der Waals surface area (Å²) in [4.78, 5) is 12.4. The number of carbonyl (C=O) groups is 1. The van der Waals surface area contributed by atoms with Gasteiger partial charge in [0.2, 0.25) is 5.89 Å². The van der Waals surface area contributed by atoms with Crippen molar-refractivity contribution in [2.45, 2.75) is 12.1 Å². The molecule has 0 unspecified atom stereocenters. The molecule has 3 aromatic rings. The molecule has 6 nitrogen and oxygen atoms in total. The molecule has 0 atom stereocenters. The summed E-state index contributed by atoms with van der Waals surface area (Å²) in [5.41, 5.74) is 2.47. The number of methoxy groups -OCH3 is 2. The van der Waals surface area contributed by atoms with Gasteiger partial charge in [0.1, 0.15) is 0 Å². The number of nitrogens with zero attached hydrogens (tertiary/aromatic N) is 2. The van der Waals surface area contributed by atoms with Crippen LogP contribution in [-0.2, 0) is 0 Å². The Morgan fingerprint density at radius 2 is 1.85 bits per heavy atom. The summed E-state index contributed by atoms with van der Waals surface area (Å²) in [7, 11) is 3.09. The van der Waals surface area contributed by atoms with Gasteiger partial charge in [-0.15, -0.1) is 10.2 Å². The second-order valence-electron chi connectivity index (χ2n) is 5.47. The lowest BCUT2D eigenvalue weighted by molar-refractivity contribution is 0.102. The van der Waals surface area contributed by atoms with E-state index in [9.17, 15) is 4.79 Å². The fourth-order valence-electron chi connectivity index (χ4n) is 2.41. The van der Waals surface area contributed by atoms with Crippen LogP contribution >= 0.6 is 11.8 Å². The summed E-state index contributed by atoms with van der Waals surface area (Å²) in [6, 6.07) is 12.8. The zero-order chi connectivity index (χ0) is 18.5. The molecule has 134 valence electrons. The number of ether oxygens (including phenoxy) is 2. The fraction of sp³-hybridized carbons (Fsp3) is 0.211. The van der Waals surface area contributed by atoms with E-state index in [1.54, 1.807) is 25.3 Å². The molecule has 1 aromatic heterocycles. The number of rotatable bonds is 7. The fourth-order valence-corrected chi connectivity index (χ4v) is 3.07. The van der Waals surface area contributed by atoms with Crippen molar-refractivity contribution >= 4 is 17.5 Å². The summed E-state index contributed by atoms with van der Waals surface area (Å²) in [6.45, 7) is 1.98. The zero-order valence-corrected chi connectivity index (χ0v) is 15.5. The Bertz CT molecular complexity index is 923. The molecule has 0 spiro atoms. The number of ketones is 1. The highest BCUT2D eigenvalue weighted by Crippen LogP contribution is 2.29. The monoisotopic (exact) mass is 370 g/mol. The van der Waals surface area contributed by atoms with E-state index in [-0.39, 0.29) is 11.5 Å². The molecule has 0 saturated carbocycles. The van der Waals surface area contributed by atoms with Crippen molar-refractivity contribution in [2.24, 2.45) is 0 Å². The van der Waals surface area contributed by atoms with E-state index in [1.807, 2.05) is 31.2 Å². The van der Waals surface area contributed by atoms with Gasteiger partial charge in [-0.2, -0.15) is 0 Å². The summed E-state index contributed by atoms with van der Waals surface area (Å²) in [5.74, 6) is 1.67. The average molecular weight is 370 g/mol. The van der Waals surface area contributed by atoms with Crippen molar-refractivity contribution in [1.29, 1.82) is 0 Å². The van der Waals surface area contributed by atoms with Crippen molar-refractivity contribution in [3.8, 4) is 23.0 Å². The first kappa shape index (κ1) is 18.0. The minimum Gasteiger partial charge on any atom is -0.493 e. The predicted octanol–water partition coefficient (Wildman–Crippen LogP) is 4.04. The molecule has 0 aliphatic carbocycles. The number of aromatic nitrogens is 2. The van der Waals surface area contributed by atoms with Crippen molar-refractivity contribution < 1.29 is 18.7 Å². The molecule has 0 saturated heterocycles. The third kappa shape index (κ3) is 3.88. The van der Waals surface area contributed by atoms with Gasteiger partial charge in [-0.3, -0.25) is 4.79 Å². The maximum atomic E-state index is 12.4. The lowest BCUT2D eigenvalue weighted by Gasteiger charge is -2.08. The number of Topliss-reactive ketones (excluding diaryl/α,β-unsaturated/α-hetero) is 1. The van der Waals surface area contributed by atoms with Crippen LogP contribution in [0.1, 0.15) is 15.9 Å². The third-order valence-corrected chi connectivity index (χ3v) is 4.63. The number of hydrogen-bond donors (Lipinski definition) is 0. The molecule has 0 fully saturated rings. The summed E-state index contributed by atoms with van der Waals surface area (Å²) < 4.78 is 16.1. The molecule has 0 aliphatic rings. The van der Waals surface area contributed by atoms with E-state index in [1.165, 1.54) is 18.9 Å². The first-order valence-corrected chi connectivity index (χ1v) is 8.88. The van der Waals surface area contributed by atoms with Crippen LogP contribution in [0.3, 0.4) is 0 Å². The predicted molar refractivity (Wildman–Crippen MR) is 99.1 cm³/mol. The normalized spacial score (nSPS) is 10.6. The first-order valence-electron chi connectivity index (χ1n) is 7.90. The van der Waals surface area contributed by atoms with Crippen molar-refractivity contribution in [3.63, 3.8) is 0 Å². The van der Waals surface area contributed by atoms with E-state index in [0.29, 0.717) is 28.2 Å². The number of carbonyl (C=O) groups excluding carboxylic acids is 1.